The summed E-state index contributed by atoms with van der Waals surface area (Å²) in [5.41, 5.74) is 4.12. The lowest BCUT2D eigenvalue weighted by Gasteiger charge is -2.70. The highest BCUT2D eigenvalue weighted by molar-refractivity contribution is 5.89. The maximum absolute atomic E-state index is 12.9. The molecule has 5 rings (SSSR count). The average molecular weight is 423 g/mol. The predicted octanol–water partition coefficient (Wildman–Crippen LogP) is 8.15. The van der Waals surface area contributed by atoms with Gasteiger partial charge in [0.2, 0.25) is 0 Å². The van der Waals surface area contributed by atoms with Crippen LogP contribution in [-0.4, -0.2) is 5.78 Å². The molecule has 0 aromatic carbocycles. The molecule has 0 saturated heterocycles. The maximum atomic E-state index is 12.9. The van der Waals surface area contributed by atoms with Crippen LogP contribution in [-0.2, 0) is 4.79 Å². The molecule has 0 bridgehead atoms. The molecule has 5 aliphatic rings. The molecule has 0 aromatic rings. The van der Waals surface area contributed by atoms with Crippen LogP contribution in [0.15, 0.2) is 23.8 Å². The van der Waals surface area contributed by atoms with Crippen LogP contribution in [0.25, 0.3) is 0 Å². The van der Waals surface area contributed by atoms with Gasteiger partial charge >= 0.3 is 0 Å². The van der Waals surface area contributed by atoms with Crippen molar-refractivity contribution in [2.75, 3.05) is 0 Å². The SMILES string of the molecule is C=C(C)[C@@H]1CC[C@]2(C)CC[C@]3(C)[C@H](CC[C@@H]4[C@@]5(C)CCC(=O)C(C)(C)C5=CC[C@]43C)[C@@H]12. The van der Waals surface area contributed by atoms with Gasteiger partial charge in [0.25, 0.3) is 0 Å². The van der Waals surface area contributed by atoms with E-state index in [1.165, 1.54) is 56.1 Å². The Hall–Kier alpha value is -0.850. The van der Waals surface area contributed by atoms with Crippen LogP contribution in [0.5, 0.6) is 0 Å². The van der Waals surface area contributed by atoms with Crippen molar-refractivity contribution in [1.29, 1.82) is 0 Å². The van der Waals surface area contributed by atoms with Crippen molar-refractivity contribution >= 4 is 5.78 Å². The molecule has 0 unspecified atom stereocenters. The van der Waals surface area contributed by atoms with Gasteiger partial charge in [0.05, 0.1) is 0 Å². The fourth-order valence-electron chi connectivity index (χ4n) is 10.6. The van der Waals surface area contributed by atoms with Gasteiger partial charge in [-0.3, -0.25) is 4.79 Å². The summed E-state index contributed by atoms with van der Waals surface area (Å²) in [7, 11) is 0. The zero-order valence-electron chi connectivity index (χ0n) is 21.4. The second kappa shape index (κ2) is 6.38. The predicted molar refractivity (Wildman–Crippen MR) is 130 cm³/mol. The minimum absolute atomic E-state index is 0.197. The van der Waals surface area contributed by atoms with Crippen molar-refractivity contribution in [3.8, 4) is 0 Å². The smallest absolute Gasteiger partial charge is 0.142 e. The van der Waals surface area contributed by atoms with Crippen LogP contribution in [0.3, 0.4) is 0 Å². The number of ketones is 1. The maximum Gasteiger partial charge on any atom is 0.142 e. The summed E-state index contributed by atoms with van der Waals surface area (Å²) in [4.78, 5) is 12.9. The first kappa shape index (κ1) is 22.0. The lowest BCUT2D eigenvalue weighted by molar-refractivity contribution is -0.189. The third-order valence-electron chi connectivity index (χ3n) is 12.6. The highest BCUT2D eigenvalue weighted by atomic mass is 16.1. The standard InChI is InChI=1S/C30H46O/c1-19(2)20-11-14-27(5)17-18-29(7)21(25(20)27)9-10-23-28(6)15-13-24(31)26(3,4)22(28)12-16-30(23,29)8/h12,20-21,23,25H,1,9-11,13-18H2,2-8H3/t20-,21+,23+,25+,27+,28-,29+,30+/m0/s1. The molecule has 31 heavy (non-hydrogen) atoms. The van der Waals surface area contributed by atoms with Gasteiger partial charge in [0.1, 0.15) is 5.78 Å². The van der Waals surface area contributed by atoms with Crippen LogP contribution in [0, 0.1) is 50.7 Å². The van der Waals surface area contributed by atoms with Gasteiger partial charge in [-0.1, -0.05) is 51.5 Å². The highest BCUT2D eigenvalue weighted by Gasteiger charge is 2.68. The van der Waals surface area contributed by atoms with E-state index in [-0.39, 0.29) is 10.8 Å². The number of Topliss-reactive ketones (excluding diaryl/α,β-unsaturated/α-hetero) is 1. The van der Waals surface area contributed by atoms with E-state index < -0.39 is 0 Å². The summed E-state index contributed by atoms with van der Waals surface area (Å²) in [5.74, 6) is 3.55. The molecule has 5 aliphatic carbocycles. The van der Waals surface area contributed by atoms with Crippen molar-refractivity contribution in [2.24, 2.45) is 50.7 Å². The average Bonchev–Trinajstić information content (AvgIpc) is 3.04. The molecule has 0 heterocycles. The van der Waals surface area contributed by atoms with Crippen molar-refractivity contribution in [3.63, 3.8) is 0 Å². The van der Waals surface area contributed by atoms with Gasteiger partial charge in [-0.25, -0.2) is 0 Å². The topological polar surface area (TPSA) is 17.1 Å². The number of hydrogen-bond acceptors (Lipinski definition) is 1. The molecule has 8 atom stereocenters. The monoisotopic (exact) mass is 422 g/mol. The van der Waals surface area contributed by atoms with Crippen molar-refractivity contribution in [3.05, 3.63) is 23.8 Å². The van der Waals surface area contributed by atoms with E-state index in [9.17, 15) is 4.79 Å². The Bertz CT molecular complexity index is 862. The lowest BCUT2D eigenvalue weighted by atomic mass is 9.34. The Labute approximate surface area is 191 Å². The zero-order chi connectivity index (χ0) is 22.6. The Morgan fingerprint density at radius 3 is 2.32 bits per heavy atom. The van der Waals surface area contributed by atoms with E-state index >= 15 is 0 Å². The molecule has 172 valence electrons. The summed E-state index contributed by atoms with van der Waals surface area (Å²) in [5, 5.41) is 0. The Kier molecular flexibility index (Phi) is 4.52. The molecule has 1 nitrogen and oxygen atoms in total. The summed E-state index contributed by atoms with van der Waals surface area (Å²) in [6.45, 7) is 21.7. The van der Waals surface area contributed by atoms with E-state index in [4.69, 9.17) is 0 Å². The first-order chi connectivity index (χ1) is 14.3. The molecular formula is C30H46O. The number of allylic oxidation sites excluding steroid dienone is 3. The second-order valence-electron chi connectivity index (χ2n) is 14.0. The van der Waals surface area contributed by atoms with E-state index in [0.717, 1.165) is 30.6 Å². The Balaban J connectivity index is 1.59. The normalized spacial score (nSPS) is 53.0. The summed E-state index contributed by atoms with van der Waals surface area (Å²) in [6.07, 6.45) is 13.9. The van der Waals surface area contributed by atoms with E-state index in [2.05, 4.69) is 61.1 Å². The number of carbonyl (C=O) groups excluding carboxylic acids is 1. The molecule has 0 N–H and O–H groups in total. The molecule has 4 saturated carbocycles. The highest BCUT2D eigenvalue weighted by Crippen LogP contribution is 2.76. The number of fused-ring (bicyclic) bond motifs is 7. The largest absolute Gasteiger partial charge is 0.299 e. The molecule has 0 aliphatic heterocycles. The van der Waals surface area contributed by atoms with Crippen molar-refractivity contribution < 1.29 is 4.79 Å². The van der Waals surface area contributed by atoms with E-state index in [0.29, 0.717) is 27.9 Å². The summed E-state index contributed by atoms with van der Waals surface area (Å²) in [6, 6.07) is 0. The molecular weight excluding hydrogens is 376 g/mol. The number of carbonyl (C=O) groups is 1. The third kappa shape index (κ3) is 2.53. The van der Waals surface area contributed by atoms with Gasteiger partial charge in [-0.2, -0.15) is 0 Å². The lowest BCUT2D eigenvalue weighted by Crippen LogP contribution is -2.63. The summed E-state index contributed by atoms with van der Waals surface area (Å²) < 4.78 is 0. The van der Waals surface area contributed by atoms with Crippen LogP contribution in [0.1, 0.15) is 106 Å². The minimum atomic E-state index is -0.270. The fourth-order valence-corrected chi connectivity index (χ4v) is 10.6. The van der Waals surface area contributed by atoms with Crippen molar-refractivity contribution in [1.82, 2.24) is 0 Å². The van der Waals surface area contributed by atoms with Crippen LogP contribution >= 0.6 is 0 Å². The Morgan fingerprint density at radius 1 is 0.935 bits per heavy atom. The molecule has 0 amide bonds. The zero-order valence-corrected chi connectivity index (χ0v) is 21.4. The van der Waals surface area contributed by atoms with Crippen molar-refractivity contribution in [2.45, 2.75) is 106 Å². The molecule has 0 radical (unpaired) electrons. The minimum Gasteiger partial charge on any atom is -0.299 e. The summed E-state index contributed by atoms with van der Waals surface area (Å²) >= 11 is 0. The molecule has 1 heteroatoms. The Morgan fingerprint density at radius 2 is 1.65 bits per heavy atom. The molecule has 0 aromatic heterocycles. The van der Waals surface area contributed by atoms with E-state index in [1.54, 1.807) is 0 Å². The number of hydrogen-bond donors (Lipinski definition) is 0. The fraction of sp³-hybridized carbons (Fsp3) is 0.833. The van der Waals surface area contributed by atoms with Gasteiger partial charge in [0.15, 0.2) is 0 Å². The van der Waals surface area contributed by atoms with Gasteiger partial charge in [-0.15, -0.1) is 0 Å². The quantitative estimate of drug-likeness (QED) is 0.390. The van der Waals surface area contributed by atoms with Gasteiger partial charge < -0.3 is 0 Å². The first-order valence-electron chi connectivity index (χ1n) is 13.2. The van der Waals surface area contributed by atoms with E-state index in [1.807, 2.05) is 0 Å². The number of rotatable bonds is 1. The third-order valence-corrected chi connectivity index (χ3v) is 12.6. The second-order valence-corrected chi connectivity index (χ2v) is 14.0. The van der Waals surface area contributed by atoms with Crippen LogP contribution in [0.4, 0.5) is 0 Å². The first-order valence-corrected chi connectivity index (χ1v) is 13.2. The molecule has 4 fully saturated rings. The van der Waals surface area contributed by atoms with Gasteiger partial charge in [0, 0.05) is 11.8 Å². The molecule has 0 spiro atoms. The van der Waals surface area contributed by atoms with Crippen LogP contribution in [0.2, 0.25) is 0 Å². The van der Waals surface area contributed by atoms with Crippen LogP contribution < -0.4 is 0 Å². The van der Waals surface area contributed by atoms with Gasteiger partial charge in [-0.05, 0) is 117 Å².